The molecule has 0 bridgehead atoms. The van der Waals surface area contributed by atoms with E-state index in [2.05, 4.69) is 15.3 Å². The lowest BCUT2D eigenvalue weighted by Crippen LogP contribution is -2.29. The first kappa shape index (κ1) is 19.1. The number of likely N-dealkylation sites (tertiary alicyclic amines) is 1. The number of alkyl halides is 2. The maximum Gasteiger partial charge on any atom is 0.282 e. The van der Waals surface area contributed by atoms with Gasteiger partial charge in [0.05, 0.1) is 0 Å². The molecule has 2 aromatic rings. The minimum atomic E-state index is -2.62. The Labute approximate surface area is 163 Å². The van der Waals surface area contributed by atoms with E-state index in [-0.39, 0.29) is 24.1 Å². The SMILES string of the molecule is O=C(Cn1nc(C(F)F)cc1C1CC1)Nc1ccc(CN2CCCCC2)cc1. The summed E-state index contributed by atoms with van der Waals surface area (Å²) in [5, 5.41) is 6.78. The molecule has 4 rings (SSSR count). The molecule has 0 atom stereocenters. The fourth-order valence-corrected chi connectivity index (χ4v) is 3.80. The van der Waals surface area contributed by atoms with Gasteiger partial charge in [0, 0.05) is 23.8 Å². The molecule has 2 aliphatic rings. The van der Waals surface area contributed by atoms with Crippen molar-refractivity contribution in [3.05, 3.63) is 47.3 Å². The third-order valence-corrected chi connectivity index (χ3v) is 5.44. The molecule has 1 amide bonds. The van der Waals surface area contributed by atoms with Crippen LogP contribution in [-0.4, -0.2) is 33.7 Å². The molecule has 1 N–H and O–H groups in total. The monoisotopic (exact) mass is 388 g/mol. The summed E-state index contributed by atoms with van der Waals surface area (Å²) < 4.78 is 27.3. The number of halogens is 2. The summed E-state index contributed by atoms with van der Waals surface area (Å²) >= 11 is 0. The lowest BCUT2D eigenvalue weighted by molar-refractivity contribution is -0.117. The molecule has 2 heterocycles. The van der Waals surface area contributed by atoms with Crippen LogP contribution in [0.15, 0.2) is 30.3 Å². The number of amides is 1. The Hall–Kier alpha value is -2.28. The second-order valence-electron chi connectivity index (χ2n) is 7.81. The van der Waals surface area contributed by atoms with Gasteiger partial charge in [-0.15, -0.1) is 0 Å². The van der Waals surface area contributed by atoms with Gasteiger partial charge in [0.15, 0.2) is 0 Å². The first-order valence-electron chi connectivity index (χ1n) is 10.1. The highest BCUT2D eigenvalue weighted by atomic mass is 19.3. The maximum absolute atomic E-state index is 13.0. The molecule has 1 aromatic heterocycles. The van der Waals surface area contributed by atoms with Crippen LogP contribution in [0.5, 0.6) is 0 Å². The van der Waals surface area contributed by atoms with Gasteiger partial charge < -0.3 is 5.32 Å². The van der Waals surface area contributed by atoms with Crippen molar-refractivity contribution in [2.45, 2.75) is 57.5 Å². The smallest absolute Gasteiger partial charge is 0.282 e. The summed E-state index contributed by atoms with van der Waals surface area (Å²) in [6, 6.07) is 9.29. The summed E-state index contributed by atoms with van der Waals surface area (Å²) in [4.78, 5) is 14.8. The van der Waals surface area contributed by atoms with Crippen LogP contribution in [-0.2, 0) is 17.9 Å². The Morgan fingerprint density at radius 3 is 2.50 bits per heavy atom. The summed E-state index contributed by atoms with van der Waals surface area (Å²) in [7, 11) is 0. The van der Waals surface area contributed by atoms with Crippen LogP contribution in [0.1, 0.15) is 61.4 Å². The number of aromatic nitrogens is 2. The summed E-state index contributed by atoms with van der Waals surface area (Å²) in [5.41, 5.74) is 2.42. The number of nitrogens with one attached hydrogen (secondary N) is 1. The van der Waals surface area contributed by atoms with E-state index < -0.39 is 6.43 Å². The Morgan fingerprint density at radius 2 is 1.86 bits per heavy atom. The molecule has 0 radical (unpaired) electrons. The third kappa shape index (κ3) is 4.76. The van der Waals surface area contributed by atoms with E-state index in [1.165, 1.54) is 35.6 Å². The van der Waals surface area contributed by atoms with Gasteiger partial charge >= 0.3 is 0 Å². The van der Waals surface area contributed by atoms with E-state index in [1.807, 2.05) is 24.3 Å². The lowest BCUT2D eigenvalue weighted by Gasteiger charge is -2.26. The molecule has 2 fully saturated rings. The molecule has 28 heavy (non-hydrogen) atoms. The zero-order chi connectivity index (χ0) is 19.5. The van der Waals surface area contributed by atoms with Gasteiger partial charge in [-0.25, -0.2) is 8.78 Å². The number of hydrogen-bond acceptors (Lipinski definition) is 3. The molecule has 7 heteroatoms. The molecule has 1 aliphatic carbocycles. The zero-order valence-electron chi connectivity index (χ0n) is 15.9. The van der Waals surface area contributed by atoms with Gasteiger partial charge in [-0.1, -0.05) is 18.6 Å². The molecule has 1 aliphatic heterocycles. The topological polar surface area (TPSA) is 50.2 Å². The highest BCUT2D eigenvalue weighted by Crippen LogP contribution is 2.41. The number of carbonyl (C=O) groups is 1. The van der Waals surface area contributed by atoms with Crippen LogP contribution in [0.2, 0.25) is 0 Å². The average Bonchev–Trinajstić information content (AvgIpc) is 3.44. The van der Waals surface area contributed by atoms with Crippen molar-refractivity contribution in [2.24, 2.45) is 0 Å². The van der Waals surface area contributed by atoms with E-state index in [9.17, 15) is 13.6 Å². The number of anilines is 1. The van der Waals surface area contributed by atoms with Crippen LogP contribution >= 0.6 is 0 Å². The summed E-state index contributed by atoms with van der Waals surface area (Å²) in [6.07, 6.45) is 3.16. The van der Waals surface area contributed by atoms with Gasteiger partial charge in [-0.2, -0.15) is 5.10 Å². The molecule has 1 saturated carbocycles. The molecule has 0 unspecified atom stereocenters. The quantitative estimate of drug-likeness (QED) is 0.768. The van der Waals surface area contributed by atoms with Crippen molar-refractivity contribution < 1.29 is 13.6 Å². The van der Waals surface area contributed by atoms with Crippen molar-refractivity contribution >= 4 is 11.6 Å². The van der Waals surface area contributed by atoms with E-state index in [4.69, 9.17) is 0 Å². The zero-order valence-corrected chi connectivity index (χ0v) is 15.9. The predicted octanol–water partition coefficient (Wildman–Crippen LogP) is 4.32. The van der Waals surface area contributed by atoms with Crippen molar-refractivity contribution in [3.63, 3.8) is 0 Å². The molecule has 5 nitrogen and oxygen atoms in total. The van der Waals surface area contributed by atoms with Crippen LogP contribution in [0.25, 0.3) is 0 Å². The maximum atomic E-state index is 13.0. The van der Waals surface area contributed by atoms with Gasteiger partial charge in [-0.05, 0) is 62.5 Å². The standard InChI is InChI=1S/C21H26F2N4O/c22-21(23)18-12-19(16-6-7-16)27(25-18)14-20(28)24-17-8-4-15(5-9-17)13-26-10-2-1-3-11-26/h4-5,8-9,12,16,21H,1-3,6-7,10-11,13-14H2,(H,24,28). The number of carbonyl (C=O) groups excluding carboxylic acids is 1. The van der Waals surface area contributed by atoms with Crippen molar-refractivity contribution in [3.8, 4) is 0 Å². The van der Waals surface area contributed by atoms with E-state index >= 15 is 0 Å². The fourth-order valence-electron chi connectivity index (χ4n) is 3.80. The summed E-state index contributed by atoms with van der Waals surface area (Å²) in [5.74, 6) is -0.00327. The largest absolute Gasteiger partial charge is 0.324 e. The lowest BCUT2D eigenvalue weighted by atomic mass is 10.1. The number of nitrogens with zero attached hydrogens (tertiary/aromatic N) is 3. The van der Waals surface area contributed by atoms with Gasteiger partial charge in [0.2, 0.25) is 5.91 Å². The normalized spacial score (nSPS) is 17.8. The van der Waals surface area contributed by atoms with Crippen LogP contribution in [0, 0.1) is 0 Å². The summed E-state index contributed by atoms with van der Waals surface area (Å²) in [6.45, 7) is 3.18. The highest BCUT2D eigenvalue weighted by Gasteiger charge is 2.30. The Balaban J connectivity index is 1.35. The fraction of sp³-hybridized carbons (Fsp3) is 0.524. The highest BCUT2D eigenvalue weighted by molar-refractivity contribution is 5.90. The van der Waals surface area contributed by atoms with Crippen molar-refractivity contribution in [2.75, 3.05) is 18.4 Å². The second kappa shape index (κ2) is 8.39. The molecule has 1 aromatic carbocycles. The van der Waals surface area contributed by atoms with Crippen LogP contribution in [0.4, 0.5) is 14.5 Å². The predicted molar refractivity (Wildman–Crippen MR) is 103 cm³/mol. The number of benzene rings is 1. The average molecular weight is 388 g/mol. The number of hydrogen-bond donors (Lipinski definition) is 1. The van der Waals surface area contributed by atoms with Crippen LogP contribution in [0.3, 0.4) is 0 Å². The van der Waals surface area contributed by atoms with Gasteiger partial charge in [0.1, 0.15) is 12.2 Å². The Morgan fingerprint density at radius 1 is 1.14 bits per heavy atom. The molecular formula is C21H26F2N4O. The number of piperidine rings is 1. The number of rotatable bonds is 7. The second-order valence-corrected chi connectivity index (χ2v) is 7.81. The van der Waals surface area contributed by atoms with Gasteiger partial charge in [-0.3, -0.25) is 14.4 Å². The third-order valence-electron chi connectivity index (χ3n) is 5.44. The first-order chi connectivity index (χ1) is 13.6. The Kier molecular flexibility index (Phi) is 5.71. The molecule has 1 saturated heterocycles. The van der Waals surface area contributed by atoms with E-state index in [0.717, 1.165) is 38.2 Å². The minimum absolute atomic E-state index is 0.0475. The van der Waals surface area contributed by atoms with Crippen molar-refractivity contribution in [1.29, 1.82) is 0 Å². The van der Waals surface area contributed by atoms with E-state index in [1.54, 1.807) is 0 Å². The molecule has 150 valence electrons. The molecular weight excluding hydrogens is 362 g/mol. The first-order valence-corrected chi connectivity index (χ1v) is 10.1. The van der Waals surface area contributed by atoms with Gasteiger partial charge in [0.25, 0.3) is 6.43 Å². The molecule has 0 spiro atoms. The minimum Gasteiger partial charge on any atom is -0.324 e. The Bertz CT molecular complexity index is 808. The van der Waals surface area contributed by atoms with Crippen molar-refractivity contribution in [1.82, 2.24) is 14.7 Å². The van der Waals surface area contributed by atoms with Crippen LogP contribution < -0.4 is 5.32 Å². The van der Waals surface area contributed by atoms with E-state index in [0.29, 0.717) is 5.69 Å².